The summed E-state index contributed by atoms with van der Waals surface area (Å²) in [4.78, 5) is 30.3. The van der Waals surface area contributed by atoms with Crippen molar-refractivity contribution in [1.29, 1.82) is 0 Å². The summed E-state index contributed by atoms with van der Waals surface area (Å²) >= 11 is 0. The quantitative estimate of drug-likeness (QED) is 0.694. The second-order valence-electron chi connectivity index (χ2n) is 9.73. The smallest absolute Gasteiger partial charge is 0.253 e. The average Bonchev–Trinajstić information content (AvgIpc) is 3.25. The van der Waals surface area contributed by atoms with Gasteiger partial charge in [-0.2, -0.15) is 0 Å². The molecule has 6 heteroatoms. The summed E-state index contributed by atoms with van der Waals surface area (Å²) < 4.78 is 20.2. The van der Waals surface area contributed by atoms with Gasteiger partial charge in [0.25, 0.3) is 5.91 Å². The predicted octanol–water partition coefficient (Wildman–Crippen LogP) is 4.45. The number of para-hydroxylation sites is 1. The minimum atomic E-state index is -0.626. The number of anilines is 1. The number of nitrogens with zero attached hydrogens (tertiary/aromatic N) is 2. The van der Waals surface area contributed by atoms with Gasteiger partial charge in [0, 0.05) is 18.8 Å². The van der Waals surface area contributed by atoms with Crippen LogP contribution in [0.4, 0.5) is 10.1 Å². The van der Waals surface area contributed by atoms with Crippen molar-refractivity contribution in [2.75, 3.05) is 31.1 Å². The second kappa shape index (κ2) is 8.90. The number of rotatable bonds is 3. The number of hydrogen-bond donors (Lipinski definition) is 0. The first-order chi connectivity index (χ1) is 16.0. The Balaban J connectivity index is 1.35. The van der Waals surface area contributed by atoms with Gasteiger partial charge >= 0.3 is 0 Å². The normalized spacial score (nSPS) is 25.3. The van der Waals surface area contributed by atoms with E-state index in [2.05, 4.69) is 0 Å². The number of carbonyl (C=O) groups is 2. The molecule has 3 fully saturated rings. The van der Waals surface area contributed by atoms with Crippen LogP contribution in [0.3, 0.4) is 0 Å². The third-order valence-electron chi connectivity index (χ3n) is 7.75. The Hall–Kier alpha value is -2.73. The van der Waals surface area contributed by atoms with Crippen LogP contribution in [0, 0.1) is 5.82 Å². The lowest BCUT2D eigenvalue weighted by molar-refractivity contribution is -0.142. The Morgan fingerprint density at radius 1 is 0.909 bits per heavy atom. The molecule has 0 aromatic heterocycles. The average molecular weight is 451 g/mol. The minimum absolute atomic E-state index is 0.0278. The maximum absolute atomic E-state index is 14.0. The fraction of sp³-hybridized carbons (Fsp3) is 0.481. The van der Waals surface area contributed by atoms with Crippen molar-refractivity contribution >= 4 is 17.5 Å². The highest BCUT2D eigenvalue weighted by Gasteiger charge is 2.47. The molecule has 1 spiro atoms. The van der Waals surface area contributed by atoms with Gasteiger partial charge < -0.3 is 14.5 Å². The standard InChI is InChI=1S/C27H31FN2O3/c28-22-9-6-8-21(18-22)27(13-4-5-14-27)25(32)29-16-7-12-26(15-17-29)20-30(24(31)19-33-26)23-10-2-1-3-11-23/h1-3,6,8-11,18H,4-5,7,12-17,19-20H2. The van der Waals surface area contributed by atoms with E-state index in [1.54, 1.807) is 6.07 Å². The molecule has 1 atom stereocenters. The maximum Gasteiger partial charge on any atom is 0.253 e. The molecule has 5 rings (SSSR count). The van der Waals surface area contributed by atoms with E-state index in [1.807, 2.05) is 46.2 Å². The van der Waals surface area contributed by atoms with Crippen molar-refractivity contribution < 1.29 is 18.7 Å². The molecule has 2 amide bonds. The molecule has 2 aromatic carbocycles. The van der Waals surface area contributed by atoms with Crippen LogP contribution in [0.2, 0.25) is 0 Å². The van der Waals surface area contributed by atoms with Crippen LogP contribution in [0.1, 0.15) is 50.5 Å². The summed E-state index contributed by atoms with van der Waals surface area (Å²) in [6.07, 6.45) is 5.82. The van der Waals surface area contributed by atoms with Gasteiger partial charge in [0.1, 0.15) is 12.4 Å². The van der Waals surface area contributed by atoms with E-state index >= 15 is 0 Å². The summed E-state index contributed by atoms with van der Waals surface area (Å²) in [6, 6.07) is 16.3. The van der Waals surface area contributed by atoms with Crippen molar-refractivity contribution in [2.45, 2.75) is 56.0 Å². The zero-order chi connectivity index (χ0) is 22.9. The van der Waals surface area contributed by atoms with E-state index in [1.165, 1.54) is 12.1 Å². The van der Waals surface area contributed by atoms with Gasteiger partial charge in [0.05, 0.1) is 17.6 Å². The van der Waals surface area contributed by atoms with Gasteiger partial charge in [0.2, 0.25) is 5.91 Å². The molecule has 3 aliphatic rings. The van der Waals surface area contributed by atoms with E-state index < -0.39 is 11.0 Å². The number of likely N-dealkylation sites (tertiary alicyclic amines) is 1. The van der Waals surface area contributed by atoms with Gasteiger partial charge in [-0.1, -0.05) is 43.2 Å². The number of amides is 2. The highest BCUT2D eigenvalue weighted by molar-refractivity contribution is 5.95. The highest BCUT2D eigenvalue weighted by atomic mass is 19.1. The third kappa shape index (κ3) is 4.17. The lowest BCUT2D eigenvalue weighted by Gasteiger charge is -2.42. The number of hydrogen-bond acceptors (Lipinski definition) is 3. The molecular formula is C27H31FN2O3. The summed E-state index contributed by atoms with van der Waals surface area (Å²) in [5, 5.41) is 0. The number of carbonyl (C=O) groups excluding carboxylic acids is 2. The molecule has 1 unspecified atom stereocenters. The molecule has 5 nitrogen and oxygen atoms in total. The van der Waals surface area contributed by atoms with Gasteiger partial charge in [-0.15, -0.1) is 0 Å². The number of morpholine rings is 1. The van der Waals surface area contributed by atoms with E-state index in [-0.39, 0.29) is 24.2 Å². The van der Waals surface area contributed by atoms with E-state index in [4.69, 9.17) is 4.74 Å². The first-order valence-electron chi connectivity index (χ1n) is 12.1. The monoisotopic (exact) mass is 450 g/mol. The molecule has 0 bridgehead atoms. The Morgan fingerprint density at radius 2 is 1.70 bits per heavy atom. The van der Waals surface area contributed by atoms with Gasteiger partial charge in [0.15, 0.2) is 0 Å². The molecule has 174 valence electrons. The summed E-state index contributed by atoms with van der Waals surface area (Å²) in [5.74, 6) is -0.197. The maximum atomic E-state index is 14.0. The minimum Gasteiger partial charge on any atom is -0.363 e. The van der Waals surface area contributed by atoms with Crippen LogP contribution < -0.4 is 4.90 Å². The van der Waals surface area contributed by atoms with Crippen LogP contribution in [0.5, 0.6) is 0 Å². The van der Waals surface area contributed by atoms with E-state index in [9.17, 15) is 14.0 Å². The fourth-order valence-electron chi connectivity index (χ4n) is 5.92. The Labute approximate surface area is 194 Å². The lowest BCUT2D eigenvalue weighted by atomic mass is 9.77. The van der Waals surface area contributed by atoms with Crippen molar-refractivity contribution in [3.05, 3.63) is 66.0 Å². The van der Waals surface area contributed by atoms with Crippen molar-refractivity contribution in [2.24, 2.45) is 0 Å². The van der Waals surface area contributed by atoms with Crippen LogP contribution in [-0.2, 0) is 19.7 Å². The van der Waals surface area contributed by atoms with E-state index in [0.29, 0.717) is 26.1 Å². The van der Waals surface area contributed by atoms with Gasteiger partial charge in [-0.25, -0.2) is 4.39 Å². The molecule has 2 aromatic rings. The SMILES string of the molecule is O=C1COC2(CCCN(C(=O)C3(c4cccc(F)c4)CCCC3)CC2)CN1c1ccccc1. The summed E-state index contributed by atoms with van der Waals surface area (Å²) in [7, 11) is 0. The number of benzene rings is 2. The molecule has 2 saturated heterocycles. The highest BCUT2D eigenvalue weighted by Crippen LogP contribution is 2.44. The van der Waals surface area contributed by atoms with Gasteiger partial charge in [-0.3, -0.25) is 9.59 Å². The first kappa shape index (κ1) is 22.1. The molecule has 33 heavy (non-hydrogen) atoms. The predicted molar refractivity (Wildman–Crippen MR) is 124 cm³/mol. The van der Waals surface area contributed by atoms with Gasteiger partial charge in [-0.05, 0) is 61.9 Å². The zero-order valence-corrected chi connectivity index (χ0v) is 19.0. The molecule has 1 aliphatic carbocycles. The zero-order valence-electron chi connectivity index (χ0n) is 19.0. The second-order valence-corrected chi connectivity index (χ2v) is 9.73. The van der Waals surface area contributed by atoms with Crippen molar-refractivity contribution in [3.8, 4) is 0 Å². The fourth-order valence-corrected chi connectivity index (χ4v) is 5.92. The van der Waals surface area contributed by atoms with Crippen molar-refractivity contribution in [3.63, 3.8) is 0 Å². The number of ether oxygens (including phenoxy) is 1. The molecule has 2 heterocycles. The van der Waals surface area contributed by atoms with Crippen LogP contribution in [0.15, 0.2) is 54.6 Å². The molecule has 2 aliphatic heterocycles. The van der Waals surface area contributed by atoms with Crippen LogP contribution in [0.25, 0.3) is 0 Å². The molecule has 0 N–H and O–H groups in total. The largest absolute Gasteiger partial charge is 0.363 e. The Morgan fingerprint density at radius 3 is 2.45 bits per heavy atom. The molecule has 0 radical (unpaired) electrons. The first-order valence-corrected chi connectivity index (χ1v) is 12.1. The topological polar surface area (TPSA) is 49.9 Å². The van der Waals surface area contributed by atoms with Crippen LogP contribution >= 0.6 is 0 Å². The van der Waals surface area contributed by atoms with E-state index in [0.717, 1.165) is 49.8 Å². The summed E-state index contributed by atoms with van der Waals surface area (Å²) in [5.41, 5.74) is 0.622. The van der Waals surface area contributed by atoms with Crippen LogP contribution in [-0.4, -0.2) is 48.6 Å². The third-order valence-corrected chi connectivity index (χ3v) is 7.75. The summed E-state index contributed by atoms with van der Waals surface area (Å²) in [6.45, 7) is 1.83. The van der Waals surface area contributed by atoms with Crippen molar-refractivity contribution in [1.82, 2.24) is 4.90 Å². The Kier molecular flexibility index (Phi) is 5.95. The Bertz CT molecular complexity index is 1020. The number of halogens is 1. The molecule has 1 saturated carbocycles. The molecular weight excluding hydrogens is 419 g/mol. The lowest BCUT2D eigenvalue weighted by Crippen LogP contribution is -2.55.